The van der Waals surface area contributed by atoms with E-state index in [4.69, 9.17) is 4.74 Å². The number of hydrogen-bond donors (Lipinski definition) is 1. The van der Waals surface area contributed by atoms with Gasteiger partial charge in [-0.3, -0.25) is 9.59 Å². The fraction of sp³-hybridized carbons (Fsp3) is 0.263. The highest BCUT2D eigenvalue weighted by Crippen LogP contribution is 2.29. The molecule has 1 saturated heterocycles. The van der Waals surface area contributed by atoms with Gasteiger partial charge in [-0.25, -0.2) is 4.90 Å². The Kier molecular flexibility index (Phi) is 4.51. The van der Waals surface area contributed by atoms with Gasteiger partial charge >= 0.3 is 0 Å². The number of hydrogen-bond acceptors (Lipinski definition) is 4. The van der Waals surface area contributed by atoms with Crippen LogP contribution in [0.3, 0.4) is 0 Å². The summed E-state index contributed by atoms with van der Waals surface area (Å²) in [4.78, 5) is 26.3. The number of aryl methyl sites for hydroxylation is 1. The summed E-state index contributed by atoms with van der Waals surface area (Å²) in [5, 5.41) is 3.13. The first-order valence-electron chi connectivity index (χ1n) is 7.99. The fourth-order valence-electron chi connectivity index (χ4n) is 2.85. The predicted octanol–water partition coefficient (Wildman–Crippen LogP) is 3.00. The van der Waals surface area contributed by atoms with Crippen LogP contribution in [0.25, 0.3) is 0 Å². The van der Waals surface area contributed by atoms with Crippen molar-refractivity contribution in [1.82, 2.24) is 0 Å². The van der Waals surface area contributed by atoms with Gasteiger partial charge in [0.2, 0.25) is 5.91 Å². The van der Waals surface area contributed by atoms with Crippen LogP contribution in [0.15, 0.2) is 48.5 Å². The van der Waals surface area contributed by atoms with E-state index < -0.39 is 6.04 Å². The maximum Gasteiger partial charge on any atom is 0.256 e. The lowest BCUT2D eigenvalue weighted by Crippen LogP contribution is -2.34. The number of ether oxygens (including phenoxy) is 1. The normalized spacial score (nSPS) is 17.2. The summed E-state index contributed by atoms with van der Waals surface area (Å²) in [7, 11) is 1.57. The Balaban J connectivity index is 1.80. The Hall–Kier alpha value is -2.82. The highest BCUT2D eigenvalue weighted by Gasteiger charge is 2.39. The number of nitrogens with zero attached hydrogens (tertiary/aromatic N) is 1. The lowest BCUT2D eigenvalue weighted by atomic mass is 10.1. The van der Waals surface area contributed by atoms with Gasteiger partial charge in [-0.15, -0.1) is 0 Å². The quantitative estimate of drug-likeness (QED) is 0.859. The first-order chi connectivity index (χ1) is 11.6. The van der Waals surface area contributed by atoms with Crippen LogP contribution >= 0.6 is 0 Å². The van der Waals surface area contributed by atoms with E-state index in [1.54, 1.807) is 7.11 Å². The van der Waals surface area contributed by atoms with Gasteiger partial charge < -0.3 is 10.1 Å². The van der Waals surface area contributed by atoms with Crippen molar-refractivity contribution in [3.05, 3.63) is 54.1 Å². The van der Waals surface area contributed by atoms with Crippen LogP contribution in [0, 0.1) is 0 Å². The van der Waals surface area contributed by atoms with Gasteiger partial charge in [-0.05, 0) is 36.2 Å². The number of carbonyl (C=O) groups excluding carboxylic acids is 2. The van der Waals surface area contributed by atoms with E-state index in [2.05, 4.69) is 12.2 Å². The van der Waals surface area contributed by atoms with E-state index in [9.17, 15) is 9.59 Å². The average Bonchev–Trinajstić information content (AvgIpc) is 2.89. The second-order valence-corrected chi connectivity index (χ2v) is 5.69. The molecule has 5 nitrogen and oxygen atoms in total. The van der Waals surface area contributed by atoms with E-state index in [0.29, 0.717) is 17.1 Å². The third kappa shape index (κ3) is 2.97. The molecule has 2 amide bonds. The van der Waals surface area contributed by atoms with Crippen molar-refractivity contribution in [2.24, 2.45) is 0 Å². The minimum atomic E-state index is -0.584. The largest absolute Gasteiger partial charge is 0.495 e. The molecular formula is C19H20N2O3. The highest BCUT2D eigenvalue weighted by atomic mass is 16.5. The second-order valence-electron chi connectivity index (χ2n) is 5.69. The molecule has 124 valence electrons. The molecule has 1 aliphatic rings. The van der Waals surface area contributed by atoms with Gasteiger partial charge in [-0.1, -0.05) is 31.2 Å². The minimum Gasteiger partial charge on any atom is -0.495 e. The Morgan fingerprint density at radius 2 is 1.83 bits per heavy atom. The summed E-state index contributed by atoms with van der Waals surface area (Å²) in [6.07, 6.45) is 1.05. The van der Waals surface area contributed by atoms with E-state index >= 15 is 0 Å². The SMILES string of the molecule is CCc1ccc(N2C(=O)C[C@H](Nc3ccccc3OC)C2=O)cc1. The molecule has 24 heavy (non-hydrogen) atoms. The molecule has 0 unspecified atom stereocenters. The van der Waals surface area contributed by atoms with Crippen molar-refractivity contribution in [1.29, 1.82) is 0 Å². The van der Waals surface area contributed by atoms with Crippen LogP contribution in [-0.4, -0.2) is 25.0 Å². The average molecular weight is 324 g/mol. The van der Waals surface area contributed by atoms with Gasteiger partial charge in [0.25, 0.3) is 5.91 Å². The molecule has 1 heterocycles. The number of rotatable bonds is 5. The third-order valence-electron chi connectivity index (χ3n) is 4.19. The van der Waals surface area contributed by atoms with Gasteiger partial charge in [-0.2, -0.15) is 0 Å². The summed E-state index contributed by atoms with van der Waals surface area (Å²) in [6.45, 7) is 2.06. The van der Waals surface area contributed by atoms with Gasteiger partial charge in [0.05, 0.1) is 24.9 Å². The summed E-state index contributed by atoms with van der Waals surface area (Å²) in [6, 6.07) is 14.3. The maximum atomic E-state index is 12.7. The molecule has 5 heteroatoms. The fourth-order valence-corrected chi connectivity index (χ4v) is 2.85. The van der Waals surface area contributed by atoms with Crippen molar-refractivity contribution in [2.75, 3.05) is 17.3 Å². The number of nitrogens with one attached hydrogen (secondary N) is 1. The topological polar surface area (TPSA) is 58.6 Å². The van der Waals surface area contributed by atoms with Crippen LogP contribution in [0.2, 0.25) is 0 Å². The molecule has 0 aliphatic carbocycles. The molecule has 0 spiro atoms. The van der Waals surface area contributed by atoms with Crippen LogP contribution in [0.5, 0.6) is 5.75 Å². The number of methoxy groups -OCH3 is 1. The van der Waals surface area contributed by atoms with Gasteiger partial charge in [0.1, 0.15) is 11.8 Å². The molecule has 3 rings (SSSR count). The summed E-state index contributed by atoms with van der Waals surface area (Å²) in [5.41, 5.74) is 2.49. The van der Waals surface area contributed by atoms with Gasteiger partial charge in [0.15, 0.2) is 0 Å². The van der Waals surface area contributed by atoms with Crippen molar-refractivity contribution in [2.45, 2.75) is 25.8 Å². The summed E-state index contributed by atoms with van der Waals surface area (Å²) >= 11 is 0. The molecule has 1 fully saturated rings. The molecule has 2 aromatic carbocycles. The van der Waals surface area contributed by atoms with Crippen LogP contribution in [-0.2, 0) is 16.0 Å². The monoisotopic (exact) mass is 324 g/mol. The van der Waals surface area contributed by atoms with E-state index in [0.717, 1.165) is 6.42 Å². The number of anilines is 2. The number of benzene rings is 2. The van der Waals surface area contributed by atoms with Crippen molar-refractivity contribution in [3.63, 3.8) is 0 Å². The van der Waals surface area contributed by atoms with E-state index in [1.165, 1.54) is 10.5 Å². The molecule has 0 saturated carbocycles. The van der Waals surface area contributed by atoms with Crippen molar-refractivity contribution < 1.29 is 14.3 Å². The highest BCUT2D eigenvalue weighted by molar-refractivity contribution is 6.23. The molecule has 0 aromatic heterocycles. The minimum absolute atomic E-state index is 0.131. The first-order valence-corrected chi connectivity index (χ1v) is 7.99. The van der Waals surface area contributed by atoms with Crippen LogP contribution in [0.4, 0.5) is 11.4 Å². The van der Waals surface area contributed by atoms with Crippen LogP contribution in [0.1, 0.15) is 18.9 Å². The summed E-state index contributed by atoms with van der Waals surface area (Å²) in [5.74, 6) is 0.204. The van der Waals surface area contributed by atoms with Gasteiger partial charge in [0, 0.05) is 0 Å². The standard InChI is InChI=1S/C19H20N2O3/c1-3-13-8-10-14(11-9-13)21-18(22)12-16(19(21)23)20-15-6-4-5-7-17(15)24-2/h4-11,16,20H,3,12H2,1-2H3/t16-/m0/s1. The molecule has 0 bridgehead atoms. The Labute approximate surface area is 141 Å². The first kappa shape index (κ1) is 16.1. The lowest BCUT2D eigenvalue weighted by Gasteiger charge is -2.17. The molecule has 1 atom stereocenters. The smallest absolute Gasteiger partial charge is 0.256 e. The predicted molar refractivity (Wildman–Crippen MR) is 93.3 cm³/mol. The molecule has 1 aliphatic heterocycles. The zero-order chi connectivity index (χ0) is 17.1. The third-order valence-corrected chi connectivity index (χ3v) is 4.19. The number of amides is 2. The number of imide groups is 1. The number of carbonyl (C=O) groups is 2. The number of para-hydroxylation sites is 2. The maximum absolute atomic E-state index is 12.7. The van der Waals surface area contributed by atoms with E-state index in [-0.39, 0.29) is 18.2 Å². The Morgan fingerprint density at radius 1 is 1.12 bits per heavy atom. The Bertz CT molecular complexity index is 755. The van der Waals surface area contributed by atoms with Crippen molar-refractivity contribution >= 4 is 23.2 Å². The summed E-state index contributed by atoms with van der Waals surface area (Å²) < 4.78 is 5.28. The Morgan fingerprint density at radius 3 is 2.50 bits per heavy atom. The lowest BCUT2D eigenvalue weighted by molar-refractivity contribution is -0.121. The van der Waals surface area contributed by atoms with Crippen LogP contribution < -0.4 is 15.0 Å². The zero-order valence-electron chi connectivity index (χ0n) is 13.8. The molecular weight excluding hydrogens is 304 g/mol. The molecule has 1 N–H and O–H groups in total. The zero-order valence-corrected chi connectivity index (χ0v) is 13.8. The van der Waals surface area contributed by atoms with Crippen molar-refractivity contribution in [3.8, 4) is 5.75 Å². The van der Waals surface area contributed by atoms with E-state index in [1.807, 2.05) is 48.5 Å². The second kappa shape index (κ2) is 6.74. The molecule has 0 radical (unpaired) electrons. The molecule has 2 aromatic rings.